The van der Waals surface area contributed by atoms with Crippen molar-refractivity contribution in [1.29, 1.82) is 0 Å². The molecule has 35 heavy (non-hydrogen) atoms. The number of nitrogens with zero attached hydrogens (tertiary/aromatic N) is 5. The summed E-state index contributed by atoms with van der Waals surface area (Å²) in [4.78, 5) is 33.4. The van der Waals surface area contributed by atoms with Gasteiger partial charge < -0.3 is 20.3 Å². The lowest BCUT2D eigenvalue weighted by Crippen LogP contribution is -2.49. The Labute approximate surface area is 205 Å². The molecule has 0 radical (unpaired) electrons. The maximum Gasteiger partial charge on any atom is 0.261 e. The lowest BCUT2D eigenvalue weighted by Gasteiger charge is -2.36. The number of hydrogen-bond donors (Lipinski definition) is 2. The molecule has 1 saturated heterocycles. The highest BCUT2D eigenvalue weighted by atomic mass is 16.5. The molecule has 10 heteroatoms. The van der Waals surface area contributed by atoms with E-state index in [1.807, 2.05) is 25.1 Å². The van der Waals surface area contributed by atoms with Gasteiger partial charge in [-0.3, -0.25) is 14.5 Å². The van der Waals surface area contributed by atoms with Gasteiger partial charge in [-0.05, 0) is 33.6 Å². The smallest absolute Gasteiger partial charge is 0.261 e. The van der Waals surface area contributed by atoms with Crippen molar-refractivity contribution in [2.45, 2.75) is 32.8 Å². The quantitative estimate of drug-likeness (QED) is 0.592. The molecule has 3 heterocycles. The molecule has 0 unspecified atom stereocenters. The SMILES string of the molecule is C=Nc1c(C(=O)Nc2cc3c(cc2N2CCN(CC(=O)NC)CC2)OC(C)(C)C3)cnn1/C=C\C. The van der Waals surface area contributed by atoms with Crippen molar-refractivity contribution in [2.24, 2.45) is 4.99 Å². The second-order valence-corrected chi connectivity index (χ2v) is 9.37. The van der Waals surface area contributed by atoms with E-state index in [1.165, 1.54) is 10.9 Å². The number of aromatic nitrogens is 2. The van der Waals surface area contributed by atoms with Crippen molar-refractivity contribution in [1.82, 2.24) is 20.0 Å². The van der Waals surface area contributed by atoms with E-state index >= 15 is 0 Å². The van der Waals surface area contributed by atoms with Gasteiger partial charge in [0.2, 0.25) is 5.91 Å². The standard InChI is InChI=1S/C25H33N7O3/c1-6-7-32-23(27-5)18(15-28-32)24(34)29-19-12-17-14-25(2,3)35-21(17)13-20(19)31-10-8-30(9-11-31)16-22(33)26-4/h6-7,12-13,15H,5,8-11,14,16H2,1-4H3,(H,26,33)(H,29,34)/b7-6-. The van der Waals surface area contributed by atoms with E-state index in [0.717, 1.165) is 49.6 Å². The molecule has 0 aliphatic carbocycles. The molecular formula is C25H33N7O3. The number of fused-ring (bicyclic) bond motifs is 1. The number of nitrogens with one attached hydrogen (secondary N) is 2. The predicted octanol–water partition coefficient (Wildman–Crippen LogP) is 2.54. The minimum absolute atomic E-state index is 0.00432. The largest absolute Gasteiger partial charge is 0.487 e. The van der Waals surface area contributed by atoms with Gasteiger partial charge in [-0.25, -0.2) is 9.67 Å². The number of aliphatic imine (C=N–C) groups is 1. The molecule has 2 aliphatic rings. The maximum absolute atomic E-state index is 13.3. The summed E-state index contributed by atoms with van der Waals surface area (Å²) in [5.74, 6) is 0.922. The minimum atomic E-state index is -0.305. The van der Waals surface area contributed by atoms with Crippen LogP contribution in [0.2, 0.25) is 0 Å². The molecule has 4 rings (SSSR count). The van der Waals surface area contributed by atoms with Crippen molar-refractivity contribution < 1.29 is 14.3 Å². The number of anilines is 2. The topological polar surface area (TPSA) is 104 Å². The normalized spacial score (nSPS) is 17.2. The summed E-state index contributed by atoms with van der Waals surface area (Å²) < 4.78 is 7.70. The van der Waals surface area contributed by atoms with Gasteiger partial charge in [0.1, 0.15) is 16.9 Å². The average Bonchev–Trinajstić information content (AvgIpc) is 3.37. The second-order valence-electron chi connectivity index (χ2n) is 9.37. The van der Waals surface area contributed by atoms with E-state index in [2.05, 4.69) is 51.1 Å². The van der Waals surface area contributed by atoms with Crippen LogP contribution >= 0.6 is 0 Å². The molecule has 2 amide bonds. The Bertz CT molecular complexity index is 1160. The van der Waals surface area contributed by atoms with Crippen LogP contribution in [0, 0.1) is 0 Å². The molecule has 1 aromatic carbocycles. The van der Waals surface area contributed by atoms with Crippen LogP contribution in [-0.4, -0.2) is 78.6 Å². The molecule has 0 bridgehead atoms. The Kier molecular flexibility index (Phi) is 6.93. The molecule has 2 aliphatic heterocycles. The van der Waals surface area contributed by atoms with Crippen molar-refractivity contribution in [3.8, 4) is 5.75 Å². The van der Waals surface area contributed by atoms with Crippen LogP contribution in [0.25, 0.3) is 6.20 Å². The van der Waals surface area contributed by atoms with Crippen molar-refractivity contribution >= 4 is 41.9 Å². The first-order valence-corrected chi connectivity index (χ1v) is 11.8. The zero-order valence-corrected chi connectivity index (χ0v) is 20.8. The molecule has 0 atom stereocenters. The van der Waals surface area contributed by atoms with Gasteiger partial charge in [-0.1, -0.05) is 6.08 Å². The van der Waals surface area contributed by atoms with Crippen LogP contribution in [-0.2, 0) is 11.2 Å². The number of piperazine rings is 1. The van der Waals surface area contributed by atoms with Crippen molar-refractivity contribution in [2.75, 3.05) is 50.0 Å². The number of allylic oxidation sites excluding steroid dienone is 1. The highest BCUT2D eigenvalue weighted by Crippen LogP contribution is 2.42. The van der Waals surface area contributed by atoms with Crippen LogP contribution in [0.1, 0.15) is 36.7 Å². The summed E-state index contributed by atoms with van der Waals surface area (Å²) in [6, 6.07) is 4.02. The Balaban J connectivity index is 1.61. The van der Waals surface area contributed by atoms with Crippen LogP contribution in [0.5, 0.6) is 5.75 Å². The van der Waals surface area contributed by atoms with Crippen LogP contribution < -0.4 is 20.3 Å². The molecule has 10 nitrogen and oxygen atoms in total. The van der Waals surface area contributed by atoms with Gasteiger partial charge in [-0.2, -0.15) is 5.10 Å². The molecular weight excluding hydrogens is 446 g/mol. The van der Waals surface area contributed by atoms with E-state index in [1.54, 1.807) is 13.2 Å². The third-order valence-corrected chi connectivity index (χ3v) is 6.24. The Morgan fingerprint density at radius 3 is 2.66 bits per heavy atom. The first-order valence-electron chi connectivity index (χ1n) is 11.8. The molecule has 1 aromatic heterocycles. The minimum Gasteiger partial charge on any atom is -0.487 e. The molecule has 2 aromatic rings. The Hall–Kier alpha value is -3.66. The second kappa shape index (κ2) is 9.91. The summed E-state index contributed by atoms with van der Waals surface area (Å²) in [5, 5.41) is 9.99. The van der Waals surface area contributed by atoms with Crippen LogP contribution in [0.15, 0.2) is 29.4 Å². The van der Waals surface area contributed by atoms with E-state index in [4.69, 9.17) is 4.74 Å². The van der Waals surface area contributed by atoms with E-state index < -0.39 is 0 Å². The first kappa shape index (κ1) is 24.5. The Morgan fingerprint density at radius 2 is 2.00 bits per heavy atom. The van der Waals surface area contributed by atoms with Gasteiger partial charge >= 0.3 is 0 Å². The molecule has 2 N–H and O–H groups in total. The van der Waals surface area contributed by atoms with Gasteiger partial charge in [0, 0.05) is 57.5 Å². The summed E-state index contributed by atoms with van der Waals surface area (Å²) in [7, 11) is 1.65. The third-order valence-electron chi connectivity index (χ3n) is 6.24. The van der Waals surface area contributed by atoms with E-state index in [-0.39, 0.29) is 17.4 Å². The van der Waals surface area contributed by atoms with Gasteiger partial charge in [0.25, 0.3) is 5.91 Å². The summed E-state index contributed by atoms with van der Waals surface area (Å²) in [6.07, 6.45) is 5.78. The molecule has 186 valence electrons. The zero-order chi connectivity index (χ0) is 25.2. The zero-order valence-electron chi connectivity index (χ0n) is 20.8. The maximum atomic E-state index is 13.3. The fraction of sp³-hybridized carbons (Fsp3) is 0.440. The summed E-state index contributed by atoms with van der Waals surface area (Å²) >= 11 is 0. The lowest BCUT2D eigenvalue weighted by atomic mass is 10.0. The Morgan fingerprint density at radius 1 is 1.26 bits per heavy atom. The van der Waals surface area contributed by atoms with Crippen molar-refractivity contribution in [3.05, 3.63) is 35.5 Å². The van der Waals surface area contributed by atoms with Crippen molar-refractivity contribution in [3.63, 3.8) is 0 Å². The number of benzene rings is 1. The number of carbonyl (C=O) groups excluding carboxylic acids is 2. The molecule has 1 fully saturated rings. The lowest BCUT2D eigenvalue weighted by molar-refractivity contribution is -0.121. The highest BCUT2D eigenvalue weighted by Gasteiger charge is 2.33. The summed E-state index contributed by atoms with van der Waals surface area (Å²) in [6.45, 7) is 12.9. The molecule has 0 spiro atoms. The average molecular weight is 480 g/mol. The third kappa shape index (κ3) is 5.22. The number of rotatable bonds is 7. The van der Waals surface area contributed by atoms with E-state index in [0.29, 0.717) is 23.6 Å². The fourth-order valence-electron chi connectivity index (χ4n) is 4.54. The monoisotopic (exact) mass is 479 g/mol. The molecule has 0 saturated carbocycles. The number of likely N-dealkylation sites (N-methyl/N-ethyl adjacent to an activating group) is 1. The summed E-state index contributed by atoms with van der Waals surface area (Å²) in [5.41, 5.74) is 2.70. The number of hydrogen-bond acceptors (Lipinski definition) is 7. The number of carbonyl (C=O) groups is 2. The van der Waals surface area contributed by atoms with Crippen LogP contribution in [0.3, 0.4) is 0 Å². The van der Waals surface area contributed by atoms with E-state index in [9.17, 15) is 9.59 Å². The van der Waals surface area contributed by atoms with Gasteiger partial charge in [0.05, 0.1) is 24.1 Å². The van der Waals surface area contributed by atoms with Gasteiger partial charge in [-0.15, -0.1) is 0 Å². The number of ether oxygens (including phenoxy) is 1. The predicted molar refractivity (Wildman–Crippen MR) is 138 cm³/mol. The van der Waals surface area contributed by atoms with Gasteiger partial charge in [0.15, 0.2) is 5.82 Å². The number of amides is 2. The van der Waals surface area contributed by atoms with Crippen LogP contribution in [0.4, 0.5) is 17.2 Å². The highest BCUT2D eigenvalue weighted by molar-refractivity contribution is 6.09. The first-order chi connectivity index (χ1) is 16.7. The fourth-order valence-corrected chi connectivity index (χ4v) is 4.54.